The fraction of sp³-hybridized carbons (Fsp3) is 0.667. The summed E-state index contributed by atoms with van der Waals surface area (Å²) < 4.78 is 44.7. The van der Waals surface area contributed by atoms with Gasteiger partial charge in [-0.2, -0.15) is 22.5 Å². The molecule has 1 aromatic rings. The van der Waals surface area contributed by atoms with Crippen molar-refractivity contribution < 1.29 is 27.8 Å². The summed E-state index contributed by atoms with van der Waals surface area (Å²) >= 11 is 0.475. The summed E-state index contributed by atoms with van der Waals surface area (Å²) in [4.78, 5) is 14.1. The minimum absolute atomic E-state index is 0.169. The Kier molecular flexibility index (Phi) is 5.48. The molecule has 1 atom stereocenters. The first-order valence-electron chi connectivity index (χ1n) is 5.23. The summed E-state index contributed by atoms with van der Waals surface area (Å²) in [5.41, 5.74) is 0. The predicted octanol–water partition coefficient (Wildman–Crippen LogP) is 1.85. The average molecular weight is 299 g/mol. The molecule has 0 saturated carbocycles. The molecule has 108 valence electrons. The van der Waals surface area contributed by atoms with Gasteiger partial charge in [0, 0.05) is 25.2 Å². The zero-order valence-electron chi connectivity index (χ0n) is 9.90. The zero-order chi connectivity index (χ0) is 14.5. The molecule has 1 unspecified atom stereocenters. The van der Waals surface area contributed by atoms with Gasteiger partial charge < -0.3 is 15.2 Å². The number of carbonyl (C=O) groups is 1. The van der Waals surface area contributed by atoms with Gasteiger partial charge in [-0.25, -0.2) is 4.79 Å². The lowest BCUT2D eigenvalue weighted by atomic mass is 10.1. The number of aromatic nitrogens is 2. The third-order valence-electron chi connectivity index (χ3n) is 2.12. The van der Waals surface area contributed by atoms with Gasteiger partial charge in [-0.1, -0.05) is 0 Å². The van der Waals surface area contributed by atoms with Crippen molar-refractivity contribution in [1.29, 1.82) is 0 Å². The van der Waals surface area contributed by atoms with Crippen molar-refractivity contribution in [3.8, 4) is 0 Å². The van der Waals surface area contributed by atoms with Crippen LogP contribution in [0, 0.1) is 0 Å². The number of aliphatic carboxylic acids is 1. The number of halogens is 3. The van der Waals surface area contributed by atoms with Crippen molar-refractivity contribution in [3.05, 3.63) is 5.82 Å². The summed E-state index contributed by atoms with van der Waals surface area (Å²) in [6, 6.07) is -1.02. The lowest BCUT2D eigenvalue weighted by molar-refractivity contribution is -0.144. The summed E-state index contributed by atoms with van der Waals surface area (Å²) in [6.07, 6.45) is -3.96. The second-order valence-corrected chi connectivity index (χ2v) is 4.34. The van der Waals surface area contributed by atoms with Gasteiger partial charge in [0.25, 0.3) is 0 Å². The number of nitrogens with zero attached hydrogens (tertiary/aromatic N) is 2. The van der Waals surface area contributed by atoms with Crippen LogP contribution in [0.5, 0.6) is 0 Å². The standard InChI is InChI=1S/C9H12F3N3O3S/c1-18-4-2-3-5(6(16)17)13-8-14-7(15-19-8)9(10,11)12/h5H,2-4H2,1H3,(H,16,17)(H,13,14,15). The number of carboxylic acid groups (broad SMARTS) is 1. The molecule has 0 aliphatic rings. The molecule has 19 heavy (non-hydrogen) atoms. The van der Waals surface area contributed by atoms with Crippen LogP contribution in [0.2, 0.25) is 0 Å². The van der Waals surface area contributed by atoms with Gasteiger partial charge in [-0.05, 0) is 12.8 Å². The van der Waals surface area contributed by atoms with Crippen LogP contribution < -0.4 is 5.32 Å². The highest BCUT2D eigenvalue weighted by molar-refractivity contribution is 7.09. The predicted molar refractivity (Wildman–Crippen MR) is 61.1 cm³/mol. The molecule has 0 saturated heterocycles. The molecule has 0 fully saturated rings. The molecule has 0 aliphatic heterocycles. The van der Waals surface area contributed by atoms with E-state index in [1.165, 1.54) is 7.11 Å². The lowest BCUT2D eigenvalue weighted by Gasteiger charge is -2.12. The molecule has 0 bridgehead atoms. The van der Waals surface area contributed by atoms with Gasteiger partial charge >= 0.3 is 12.1 Å². The van der Waals surface area contributed by atoms with Crippen LogP contribution >= 0.6 is 11.5 Å². The molecule has 2 N–H and O–H groups in total. The molecule has 1 heterocycles. The number of rotatable bonds is 7. The molecule has 10 heteroatoms. The van der Waals surface area contributed by atoms with Crippen LogP contribution in [0.25, 0.3) is 0 Å². The van der Waals surface area contributed by atoms with Crippen molar-refractivity contribution >= 4 is 22.6 Å². The topological polar surface area (TPSA) is 84.3 Å². The third kappa shape index (κ3) is 4.99. The van der Waals surface area contributed by atoms with Gasteiger partial charge in [0.15, 0.2) is 0 Å². The maximum atomic E-state index is 12.3. The number of alkyl halides is 3. The first-order valence-corrected chi connectivity index (χ1v) is 6.01. The van der Waals surface area contributed by atoms with Crippen molar-refractivity contribution in [2.45, 2.75) is 25.1 Å². The van der Waals surface area contributed by atoms with Crippen LogP contribution in [0.3, 0.4) is 0 Å². The Balaban J connectivity index is 2.64. The fourth-order valence-electron chi connectivity index (χ4n) is 1.24. The van der Waals surface area contributed by atoms with E-state index in [9.17, 15) is 18.0 Å². The molecule has 0 amide bonds. The van der Waals surface area contributed by atoms with E-state index >= 15 is 0 Å². The Morgan fingerprint density at radius 2 is 2.26 bits per heavy atom. The summed E-state index contributed by atoms with van der Waals surface area (Å²) in [5, 5.41) is 11.2. The van der Waals surface area contributed by atoms with Crippen molar-refractivity contribution in [2.24, 2.45) is 0 Å². The minimum Gasteiger partial charge on any atom is -0.480 e. The highest BCUT2D eigenvalue weighted by Gasteiger charge is 2.36. The van der Waals surface area contributed by atoms with E-state index in [1.54, 1.807) is 0 Å². The number of nitrogens with one attached hydrogen (secondary N) is 1. The number of anilines is 1. The molecule has 0 spiro atoms. The van der Waals surface area contributed by atoms with Crippen LogP contribution in [-0.4, -0.2) is 40.2 Å². The third-order valence-corrected chi connectivity index (χ3v) is 2.76. The minimum atomic E-state index is -4.63. The first kappa shape index (κ1) is 15.6. The van der Waals surface area contributed by atoms with Gasteiger partial charge in [0.1, 0.15) is 6.04 Å². The quantitative estimate of drug-likeness (QED) is 0.747. The molecule has 0 aliphatic carbocycles. The van der Waals surface area contributed by atoms with E-state index in [1.807, 2.05) is 0 Å². The monoisotopic (exact) mass is 299 g/mol. The number of hydrogen-bond donors (Lipinski definition) is 2. The van der Waals surface area contributed by atoms with E-state index in [4.69, 9.17) is 9.84 Å². The van der Waals surface area contributed by atoms with Gasteiger partial charge in [-0.15, -0.1) is 0 Å². The number of ether oxygens (including phenoxy) is 1. The zero-order valence-corrected chi connectivity index (χ0v) is 10.7. The van der Waals surface area contributed by atoms with Crippen molar-refractivity contribution in [1.82, 2.24) is 9.36 Å². The largest absolute Gasteiger partial charge is 0.480 e. The van der Waals surface area contributed by atoms with Gasteiger partial charge in [0.2, 0.25) is 11.0 Å². The van der Waals surface area contributed by atoms with Crippen LogP contribution in [0.1, 0.15) is 18.7 Å². The Hall–Kier alpha value is -1.42. The SMILES string of the molecule is COCCCC(Nc1nc(C(F)(F)F)ns1)C(=O)O. The average Bonchev–Trinajstić information content (AvgIpc) is 2.76. The maximum Gasteiger partial charge on any atom is 0.452 e. The maximum absolute atomic E-state index is 12.3. The molecule has 1 aromatic heterocycles. The highest BCUT2D eigenvalue weighted by atomic mass is 32.1. The molecule has 6 nitrogen and oxygen atoms in total. The normalized spacial score (nSPS) is 13.3. The lowest BCUT2D eigenvalue weighted by Crippen LogP contribution is -2.29. The summed E-state index contributed by atoms with van der Waals surface area (Å²) in [5.74, 6) is -2.44. The first-order chi connectivity index (χ1) is 8.84. The Morgan fingerprint density at radius 3 is 2.74 bits per heavy atom. The van der Waals surface area contributed by atoms with Crippen LogP contribution in [0.15, 0.2) is 0 Å². The van der Waals surface area contributed by atoms with Gasteiger partial charge in [0.05, 0.1) is 0 Å². The molecule has 0 aromatic carbocycles. The molecule has 1 rings (SSSR count). The Morgan fingerprint density at radius 1 is 1.58 bits per heavy atom. The second-order valence-electron chi connectivity index (χ2n) is 3.59. The summed E-state index contributed by atoms with van der Waals surface area (Å²) in [7, 11) is 1.48. The van der Waals surface area contributed by atoms with E-state index in [0.717, 1.165) is 0 Å². The Labute approximate surface area is 110 Å². The second kappa shape index (κ2) is 6.66. The van der Waals surface area contributed by atoms with E-state index in [-0.39, 0.29) is 11.6 Å². The molecule has 0 radical (unpaired) electrons. The number of hydrogen-bond acceptors (Lipinski definition) is 6. The van der Waals surface area contributed by atoms with Crippen molar-refractivity contribution in [3.63, 3.8) is 0 Å². The number of methoxy groups -OCH3 is 1. The van der Waals surface area contributed by atoms with E-state index in [0.29, 0.717) is 24.6 Å². The van der Waals surface area contributed by atoms with Crippen molar-refractivity contribution in [2.75, 3.05) is 19.0 Å². The van der Waals surface area contributed by atoms with Crippen LogP contribution in [-0.2, 0) is 15.7 Å². The van der Waals surface area contributed by atoms with E-state index < -0.39 is 24.0 Å². The molecular weight excluding hydrogens is 287 g/mol. The van der Waals surface area contributed by atoms with Gasteiger partial charge in [-0.3, -0.25) is 0 Å². The highest BCUT2D eigenvalue weighted by Crippen LogP contribution is 2.29. The fourth-order valence-corrected chi connectivity index (χ4v) is 1.87. The Bertz CT molecular complexity index is 424. The smallest absolute Gasteiger partial charge is 0.452 e. The van der Waals surface area contributed by atoms with Crippen LogP contribution in [0.4, 0.5) is 18.3 Å². The number of carboxylic acids is 1. The summed E-state index contributed by atoms with van der Waals surface area (Å²) in [6.45, 7) is 0.370. The van der Waals surface area contributed by atoms with E-state index in [2.05, 4.69) is 14.7 Å². The molecular formula is C9H12F3N3O3S.